The number of benzene rings is 2. The first kappa shape index (κ1) is 22.4. The maximum absolute atomic E-state index is 12.7. The minimum absolute atomic E-state index is 0.115. The minimum atomic E-state index is -3.58. The number of anilines is 1. The van der Waals surface area contributed by atoms with Gasteiger partial charge in [-0.3, -0.25) is 9.36 Å². The molecule has 0 spiro atoms. The Balaban J connectivity index is 1.73. The largest absolute Gasteiger partial charge is 0.325 e. The number of hydrogen-bond donors (Lipinski definition) is 1. The topological polar surface area (TPSA) is 84.3 Å². The van der Waals surface area contributed by atoms with Crippen LogP contribution in [0.3, 0.4) is 0 Å². The zero-order chi connectivity index (χ0) is 21.9. The molecule has 1 aromatic heterocycles. The highest BCUT2D eigenvalue weighted by atomic mass is 35.5. The van der Waals surface area contributed by atoms with Crippen molar-refractivity contribution in [3.8, 4) is 5.69 Å². The molecular formula is C20H21ClN4O3S2. The van der Waals surface area contributed by atoms with Crippen molar-refractivity contribution in [1.82, 2.24) is 13.9 Å². The average molecular weight is 465 g/mol. The summed E-state index contributed by atoms with van der Waals surface area (Å²) in [5.74, 6) is -0.259. The molecule has 1 atom stereocenters. The number of imidazole rings is 1. The van der Waals surface area contributed by atoms with Crippen molar-refractivity contribution in [1.29, 1.82) is 0 Å². The molecule has 1 heterocycles. The van der Waals surface area contributed by atoms with Crippen LogP contribution in [0.4, 0.5) is 5.69 Å². The van der Waals surface area contributed by atoms with Crippen molar-refractivity contribution in [2.75, 3.05) is 19.4 Å². The van der Waals surface area contributed by atoms with Gasteiger partial charge in [-0.2, -0.15) is 0 Å². The number of sulfonamides is 1. The van der Waals surface area contributed by atoms with E-state index in [1.165, 1.54) is 38.0 Å². The Hall–Kier alpha value is -2.33. The van der Waals surface area contributed by atoms with Crippen molar-refractivity contribution < 1.29 is 13.2 Å². The second-order valence-electron chi connectivity index (χ2n) is 6.62. The number of nitrogens with zero attached hydrogens (tertiary/aromatic N) is 3. The first-order valence-electron chi connectivity index (χ1n) is 8.98. The number of carbonyl (C=O) groups excluding carboxylic acids is 1. The lowest BCUT2D eigenvalue weighted by Gasteiger charge is -2.15. The molecule has 0 radical (unpaired) electrons. The van der Waals surface area contributed by atoms with Crippen LogP contribution in [-0.2, 0) is 14.8 Å². The maximum Gasteiger partial charge on any atom is 0.242 e. The summed E-state index contributed by atoms with van der Waals surface area (Å²) in [5.41, 5.74) is 1.30. The SMILES string of the molecule is CC(Sc1nccn1-c1ccc(Cl)cc1)C(=O)Nc1cccc(S(=O)(=O)N(C)C)c1. The van der Waals surface area contributed by atoms with Gasteiger partial charge in [0.15, 0.2) is 5.16 Å². The number of hydrogen-bond acceptors (Lipinski definition) is 5. The molecule has 2 aromatic carbocycles. The van der Waals surface area contributed by atoms with Gasteiger partial charge in [-0.25, -0.2) is 17.7 Å². The Morgan fingerprint density at radius 2 is 1.90 bits per heavy atom. The summed E-state index contributed by atoms with van der Waals surface area (Å²) in [7, 11) is -0.661. The van der Waals surface area contributed by atoms with E-state index in [-0.39, 0.29) is 10.8 Å². The summed E-state index contributed by atoms with van der Waals surface area (Å²) in [4.78, 5) is 17.1. The molecule has 30 heavy (non-hydrogen) atoms. The van der Waals surface area contributed by atoms with Gasteiger partial charge in [0.25, 0.3) is 0 Å². The number of rotatable bonds is 7. The highest BCUT2D eigenvalue weighted by Crippen LogP contribution is 2.26. The number of aromatic nitrogens is 2. The van der Waals surface area contributed by atoms with E-state index in [1.54, 1.807) is 37.4 Å². The number of carbonyl (C=O) groups is 1. The van der Waals surface area contributed by atoms with E-state index in [0.717, 1.165) is 9.99 Å². The summed E-state index contributed by atoms with van der Waals surface area (Å²) in [6, 6.07) is 13.5. The van der Waals surface area contributed by atoms with Gasteiger partial charge in [0.05, 0.1) is 10.1 Å². The van der Waals surface area contributed by atoms with E-state index in [0.29, 0.717) is 15.9 Å². The fourth-order valence-electron chi connectivity index (χ4n) is 2.58. The molecular weight excluding hydrogens is 444 g/mol. The van der Waals surface area contributed by atoms with Gasteiger partial charge in [0.2, 0.25) is 15.9 Å². The smallest absolute Gasteiger partial charge is 0.242 e. The molecule has 0 aliphatic rings. The summed E-state index contributed by atoms with van der Waals surface area (Å²) in [5, 5.41) is 3.60. The van der Waals surface area contributed by atoms with Crippen molar-refractivity contribution >= 4 is 45.0 Å². The molecule has 0 aliphatic carbocycles. The fourth-order valence-corrected chi connectivity index (χ4v) is 4.53. The Labute approximate surface area is 185 Å². The molecule has 7 nitrogen and oxygen atoms in total. The van der Waals surface area contributed by atoms with Gasteiger partial charge in [-0.15, -0.1) is 0 Å². The lowest BCUT2D eigenvalue weighted by molar-refractivity contribution is -0.115. The van der Waals surface area contributed by atoms with Crippen LogP contribution in [0, 0.1) is 0 Å². The van der Waals surface area contributed by atoms with E-state index in [1.807, 2.05) is 22.9 Å². The highest BCUT2D eigenvalue weighted by Gasteiger charge is 2.20. The van der Waals surface area contributed by atoms with Crippen LogP contribution in [0.5, 0.6) is 0 Å². The molecule has 0 saturated heterocycles. The third-order valence-electron chi connectivity index (χ3n) is 4.24. The summed E-state index contributed by atoms with van der Waals surface area (Å²) in [6.45, 7) is 1.77. The molecule has 0 bridgehead atoms. The lowest BCUT2D eigenvalue weighted by Crippen LogP contribution is -2.24. The Kier molecular flexibility index (Phi) is 6.87. The van der Waals surface area contributed by atoms with Gasteiger partial charge >= 0.3 is 0 Å². The first-order valence-corrected chi connectivity index (χ1v) is 11.7. The van der Waals surface area contributed by atoms with Gasteiger partial charge < -0.3 is 5.32 Å². The maximum atomic E-state index is 12.7. The van der Waals surface area contributed by atoms with Crippen LogP contribution >= 0.6 is 23.4 Å². The van der Waals surface area contributed by atoms with Gasteiger partial charge in [0.1, 0.15) is 0 Å². The molecule has 158 valence electrons. The standard InChI is InChI=1S/C20H21ClN4O3S2/c1-14(29-20-22-11-12-25(20)17-9-7-15(21)8-10-17)19(26)23-16-5-4-6-18(13-16)30(27,28)24(2)3/h4-14H,1-3H3,(H,23,26). The predicted molar refractivity (Wildman–Crippen MR) is 120 cm³/mol. The van der Waals surface area contributed by atoms with Crippen molar-refractivity contribution in [3.05, 3.63) is 65.9 Å². The molecule has 1 N–H and O–H groups in total. The van der Waals surface area contributed by atoms with E-state index in [2.05, 4.69) is 10.3 Å². The second-order valence-corrected chi connectivity index (χ2v) is 10.5. The van der Waals surface area contributed by atoms with Gasteiger partial charge in [-0.1, -0.05) is 29.4 Å². The number of thioether (sulfide) groups is 1. The molecule has 0 saturated carbocycles. The molecule has 3 rings (SSSR count). The molecule has 0 fully saturated rings. The van der Waals surface area contributed by atoms with Crippen LogP contribution in [0.2, 0.25) is 5.02 Å². The van der Waals surface area contributed by atoms with Crippen LogP contribution < -0.4 is 5.32 Å². The summed E-state index contributed by atoms with van der Waals surface area (Å²) >= 11 is 7.25. The van der Waals surface area contributed by atoms with Crippen molar-refractivity contribution in [3.63, 3.8) is 0 Å². The quantitative estimate of drug-likeness (QED) is 0.536. The lowest BCUT2D eigenvalue weighted by atomic mass is 10.3. The van der Waals surface area contributed by atoms with E-state index >= 15 is 0 Å². The van der Waals surface area contributed by atoms with Gasteiger partial charge in [0, 0.05) is 42.9 Å². The zero-order valence-corrected chi connectivity index (χ0v) is 19.0. The van der Waals surface area contributed by atoms with Crippen LogP contribution in [0.1, 0.15) is 6.92 Å². The molecule has 0 aliphatic heterocycles. The molecule has 10 heteroatoms. The first-order chi connectivity index (χ1) is 14.2. The van der Waals surface area contributed by atoms with Gasteiger partial charge in [-0.05, 0) is 49.4 Å². The number of halogens is 1. The third-order valence-corrected chi connectivity index (χ3v) is 7.39. The van der Waals surface area contributed by atoms with Crippen molar-refractivity contribution in [2.45, 2.75) is 22.2 Å². The summed E-state index contributed by atoms with van der Waals surface area (Å²) < 4.78 is 27.6. The molecule has 1 amide bonds. The van der Waals surface area contributed by atoms with E-state index in [4.69, 9.17) is 11.6 Å². The highest BCUT2D eigenvalue weighted by molar-refractivity contribution is 8.00. The number of nitrogens with one attached hydrogen (secondary N) is 1. The molecule has 1 unspecified atom stereocenters. The fraction of sp³-hybridized carbons (Fsp3) is 0.200. The van der Waals surface area contributed by atoms with E-state index < -0.39 is 15.3 Å². The Morgan fingerprint density at radius 1 is 1.20 bits per heavy atom. The van der Waals surface area contributed by atoms with Crippen LogP contribution in [-0.4, -0.2) is 47.5 Å². The van der Waals surface area contributed by atoms with Crippen molar-refractivity contribution in [2.24, 2.45) is 0 Å². The van der Waals surface area contributed by atoms with Crippen LogP contribution in [0.25, 0.3) is 5.69 Å². The normalized spacial score (nSPS) is 12.7. The molecule has 3 aromatic rings. The summed E-state index contributed by atoms with van der Waals surface area (Å²) in [6.07, 6.45) is 3.48. The Morgan fingerprint density at radius 3 is 2.57 bits per heavy atom. The van der Waals surface area contributed by atoms with E-state index in [9.17, 15) is 13.2 Å². The third kappa shape index (κ3) is 5.04. The zero-order valence-electron chi connectivity index (χ0n) is 16.6. The monoisotopic (exact) mass is 464 g/mol. The second kappa shape index (κ2) is 9.22. The number of amides is 1. The minimum Gasteiger partial charge on any atom is -0.325 e. The Bertz CT molecular complexity index is 1140. The average Bonchev–Trinajstić information content (AvgIpc) is 3.16. The predicted octanol–water partition coefficient (Wildman–Crippen LogP) is 3.90. The van der Waals surface area contributed by atoms with Crippen LogP contribution in [0.15, 0.2) is 71.0 Å².